The zero-order valence-electron chi connectivity index (χ0n) is 12.3. The molecule has 0 aromatic heterocycles. The Kier molecular flexibility index (Phi) is 5.19. The molecular formula is C13H29NO2Si. The maximum atomic E-state index is 6.07. The minimum Gasteiger partial charge on any atom is -0.414 e. The van der Waals surface area contributed by atoms with Gasteiger partial charge in [0.15, 0.2) is 8.32 Å². The van der Waals surface area contributed by atoms with E-state index in [1.165, 1.54) is 6.42 Å². The molecule has 2 atom stereocenters. The molecule has 0 heterocycles. The lowest BCUT2D eigenvalue weighted by atomic mass is 10.2. The second kappa shape index (κ2) is 5.82. The SMILES string of the molecule is CNCC1CC1OCCO[Si](C)(C)C(C)(C)C. The molecule has 1 aliphatic carbocycles. The van der Waals surface area contributed by atoms with E-state index in [9.17, 15) is 0 Å². The van der Waals surface area contributed by atoms with E-state index in [0.717, 1.165) is 25.7 Å². The molecule has 102 valence electrons. The van der Waals surface area contributed by atoms with Crippen LogP contribution in [0.15, 0.2) is 0 Å². The molecule has 1 fully saturated rings. The predicted octanol–water partition coefficient (Wildman–Crippen LogP) is 2.63. The summed E-state index contributed by atoms with van der Waals surface area (Å²) in [5.41, 5.74) is 0. The number of hydrogen-bond donors (Lipinski definition) is 1. The fourth-order valence-corrected chi connectivity index (χ4v) is 2.64. The van der Waals surface area contributed by atoms with Crippen molar-refractivity contribution >= 4 is 8.32 Å². The van der Waals surface area contributed by atoms with Crippen molar-refractivity contribution in [1.82, 2.24) is 5.32 Å². The van der Waals surface area contributed by atoms with Crippen LogP contribution in [0.1, 0.15) is 27.2 Å². The van der Waals surface area contributed by atoms with Gasteiger partial charge in [-0.2, -0.15) is 0 Å². The minimum absolute atomic E-state index is 0.293. The summed E-state index contributed by atoms with van der Waals surface area (Å²) < 4.78 is 11.8. The summed E-state index contributed by atoms with van der Waals surface area (Å²) in [5, 5.41) is 3.48. The van der Waals surface area contributed by atoms with Gasteiger partial charge in [-0.3, -0.25) is 0 Å². The zero-order valence-corrected chi connectivity index (χ0v) is 13.3. The first-order valence-electron chi connectivity index (χ1n) is 6.68. The van der Waals surface area contributed by atoms with Crippen LogP contribution in [0.25, 0.3) is 0 Å². The van der Waals surface area contributed by atoms with Crippen LogP contribution in [0.3, 0.4) is 0 Å². The molecule has 0 spiro atoms. The van der Waals surface area contributed by atoms with E-state index in [2.05, 4.69) is 39.2 Å². The zero-order chi connectivity index (χ0) is 13.1. The van der Waals surface area contributed by atoms with Crippen molar-refractivity contribution in [2.75, 3.05) is 26.8 Å². The largest absolute Gasteiger partial charge is 0.414 e. The van der Waals surface area contributed by atoms with E-state index >= 15 is 0 Å². The molecule has 0 radical (unpaired) electrons. The molecule has 0 aliphatic heterocycles. The van der Waals surface area contributed by atoms with Crippen LogP contribution in [0, 0.1) is 5.92 Å². The first kappa shape index (κ1) is 15.2. The Hall–Kier alpha value is 0.0969. The molecule has 0 saturated heterocycles. The lowest BCUT2D eigenvalue weighted by Gasteiger charge is -2.36. The Morgan fingerprint density at radius 1 is 1.24 bits per heavy atom. The Morgan fingerprint density at radius 3 is 2.41 bits per heavy atom. The average Bonchev–Trinajstić information content (AvgIpc) is 2.90. The first-order chi connectivity index (χ1) is 7.78. The lowest BCUT2D eigenvalue weighted by molar-refractivity contribution is 0.0759. The van der Waals surface area contributed by atoms with Gasteiger partial charge in [0.1, 0.15) is 0 Å². The molecule has 3 nitrogen and oxygen atoms in total. The van der Waals surface area contributed by atoms with Gasteiger partial charge in [0, 0.05) is 12.5 Å². The van der Waals surface area contributed by atoms with Gasteiger partial charge in [0.2, 0.25) is 0 Å². The third-order valence-corrected chi connectivity index (χ3v) is 8.55. The summed E-state index contributed by atoms with van der Waals surface area (Å²) in [6, 6.07) is 0. The van der Waals surface area contributed by atoms with Crippen LogP contribution in [0.2, 0.25) is 18.1 Å². The van der Waals surface area contributed by atoms with Gasteiger partial charge >= 0.3 is 0 Å². The van der Waals surface area contributed by atoms with E-state index < -0.39 is 8.32 Å². The number of ether oxygens (including phenoxy) is 1. The van der Waals surface area contributed by atoms with Crippen molar-refractivity contribution in [3.63, 3.8) is 0 Å². The Labute approximate surface area is 107 Å². The molecule has 2 unspecified atom stereocenters. The van der Waals surface area contributed by atoms with Crippen molar-refractivity contribution in [2.45, 2.75) is 51.4 Å². The van der Waals surface area contributed by atoms with Crippen molar-refractivity contribution < 1.29 is 9.16 Å². The van der Waals surface area contributed by atoms with E-state index in [-0.39, 0.29) is 0 Å². The van der Waals surface area contributed by atoms with E-state index in [4.69, 9.17) is 9.16 Å². The highest BCUT2D eigenvalue weighted by Crippen LogP contribution is 2.36. The molecule has 1 N–H and O–H groups in total. The first-order valence-corrected chi connectivity index (χ1v) is 9.59. The van der Waals surface area contributed by atoms with Crippen LogP contribution < -0.4 is 5.32 Å². The van der Waals surface area contributed by atoms with E-state index in [1.807, 2.05) is 7.05 Å². The summed E-state index contributed by atoms with van der Waals surface area (Å²) in [6.45, 7) is 13.9. The van der Waals surface area contributed by atoms with Crippen molar-refractivity contribution in [1.29, 1.82) is 0 Å². The summed E-state index contributed by atoms with van der Waals surface area (Å²) in [5.74, 6) is 0.730. The quantitative estimate of drug-likeness (QED) is 0.563. The maximum Gasteiger partial charge on any atom is 0.192 e. The van der Waals surface area contributed by atoms with Gasteiger partial charge in [-0.15, -0.1) is 0 Å². The van der Waals surface area contributed by atoms with Crippen LogP contribution in [0.4, 0.5) is 0 Å². The molecule has 0 bridgehead atoms. The van der Waals surface area contributed by atoms with E-state index in [1.54, 1.807) is 0 Å². The van der Waals surface area contributed by atoms with Crippen LogP contribution in [-0.4, -0.2) is 41.2 Å². The molecule has 0 aromatic carbocycles. The molecule has 0 aromatic rings. The molecule has 4 heteroatoms. The third kappa shape index (κ3) is 4.70. The van der Waals surface area contributed by atoms with Gasteiger partial charge < -0.3 is 14.5 Å². The summed E-state index contributed by atoms with van der Waals surface area (Å²) in [7, 11) is 0.415. The molecule has 1 rings (SSSR count). The summed E-state index contributed by atoms with van der Waals surface area (Å²) >= 11 is 0. The Bertz CT molecular complexity index is 238. The molecule has 0 amide bonds. The minimum atomic E-state index is -1.58. The van der Waals surface area contributed by atoms with Crippen LogP contribution in [-0.2, 0) is 9.16 Å². The second-order valence-corrected chi connectivity index (χ2v) is 11.4. The normalized spacial score (nSPS) is 25.1. The molecule has 1 aliphatic rings. The summed E-state index contributed by atoms with van der Waals surface area (Å²) in [4.78, 5) is 0. The van der Waals surface area contributed by atoms with Gasteiger partial charge in [-0.05, 0) is 31.6 Å². The highest BCUT2D eigenvalue weighted by molar-refractivity contribution is 6.74. The summed E-state index contributed by atoms with van der Waals surface area (Å²) in [6.07, 6.45) is 1.69. The van der Waals surface area contributed by atoms with Crippen molar-refractivity contribution in [3.8, 4) is 0 Å². The highest BCUT2D eigenvalue weighted by atomic mass is 28.4. The van der Waals surface area contributed by atoms with Gasteiger partial charge in [-0.25, -0.2) is 0 Å². The molecule has 1 saturated carbocycles. The van der Waals surface area contributed by atoms with Gasteiger partial charge in [0.05, 0.1) is 19.3 Å². The standard InChI is InChI=1S/C13H29NO2Si/c1-13(2,3)17(5,6)16-8-7-15-12-9-11(12)10-14-4/h11-12,14H,7-10H2,1-6H3. The number of rotatable bonds is 7. The second-order valence-electron chi connectivity index (χ2n) is 6.57. The van der Waals surface area contributed by atoms with Crippen LogP contribution >= 0.6 is 0 Å². The number of nitrogens with one attached hydrogen (secondary N) is 1. The number of hydrogen-bond acceptors (Lipinski definition) is 3. The fraction of sp³-hybridized carbons (Fsp3) is 1.00. The Balaban J connectivity index is 2.09. The van der Waals surface area contributed by atoms with Gasteiger partial charge in [-0.1, -0.05) is 20.8 Å². The van der Waals surface area contributed by atoms with Gasteiger partial charge in [0.25, 0.3) is 0 Å². The van der Waals surface area contributed by atoms with Crippen molar-refractivity contribution in [3.05, 3.63) is 0 Å². The van der Waals surface area contributed by atoms with Crippen LogP contribution in [0.5, 0.6) is 0 Å². The third-order valence-electron chi connectivity index (χ3n) is 4.01. The average molecular weight is 259 g/mol. The maximum absolute atomic E-state index is 6.07. The van der Waals surface area contributed by atoms with E-state index in [0.29, 0.717) is 11.1 Å². The molecule has 17 heavy (non-hydrogen) atoms. The lowest BCUT2D eigenvalue weighted by Crippen LogP contribution is -2.41. The monoisotopic (exact) mass is 259 g/mol. The fourth-order valence-electron chi connectivity index (χ4n) is 1.61. The highest BCUT2D eigenvalue weighted by Gasteiger charge is 2.38. The Morgan fingerprint density at radius 2 is 1.88 bits per heavy atom. The smallest absolute Gasteiger partial charge is 0.192 e. The molecular weight excluding hydrogens is 230 g/mol. The topological polar surface area (TPSA) is 30.5 Å². The predicted molar refractivity (Wildman–Crippen MR) is 74.9 cm³/mol. The van der Waals surface area contributed by atoms with Crippen molar-refractivity contribution in [2.24, 2.45) is 5.92 Å².